The number of likely N-dealkylation sites (tertiary alicyclic amines) is 1. The van der Waals surface area contributed by atoms with E-state index in [1.165, 1.54) is 18.5 Å². The van der Waals surface area contributed by atoms with Crippen molar-refractivity contribution in [1.82, 2.24) is 14.9 Å². The molecule has 10 heteroatoms. The van der Waals surface area contributed by atoms with Gasteiger partial charge in [0.2, 0.25) is 5.91 Å². The number of aromatic nitrogens is 2. The van der Waals surface area contributed by atoms with Gasteiger partial charge in [-0.15, -0.1) is 0 Å². The van der Waals surface area contributed by atoms with E-state index in [0.717, 1.165) is 25.9 Å². The first-order valence-corrected chi connectivity index (χ1v) is 11.2. The molecule has 0 bridgehead atoms. The average molecular weight is 488 g/mol. The third-order valence-electron chi connectivity index (χ3n) is 5.61. The van der Waals surface area contributed by atoms with Crippen LogP contribution in [0, 0.1) is 23.1 Å². The van der Waals surface area contributed by atoms with Crippen LogP contribution in [0.4, 0.5) is 4.39 Å². The van der Waals surface area contributed by atoms with Gasteiger partial charge in [-0.2, -0.15) is 0 Å². The minimum atomic E-state index is -0.695. The topological polar surface area (TPSA) is 131 Å². The minimum absolute atomic E-state index is 0. The number of esters is 1. The van der Waals surface area contributed by atoms with Crippen molar-refractivity contribution in [3.8, 4) is 17.1 Å². The Labute approximate surface area is 205 Å². The first-order chi connectivity index (χ1) is 16.2. The number of piperidine rings is 1. The van der Waals surface area contributed by atoms with Crippen LogP contribution >= 0.6 is 0 Å². The second-order valence-corrected chi connectivity index (χ2v) is 8.63. The summed E-state index contributed by atoms with van der Waals surface area (Å²) in [5.74, 6) is -1.04. The van der Waals surface area contributed by atoms with Crippen LogP contribution in [0.3, 0.4) is 0 Å². The SMILES string of the molecule is C.CC(C)C(=O)N1CCC(COc2ncc(-c3cccc(COC(=O)CC(=N)N)c3F)cn2)CC1. The van der Waals surface area contributed by atoms with Gasteiger partial charge in [-0.1, -0.05) is 39.5 Å². The van der Waals surface area contributed by atoms with Crippen LogP contribution in [0.5, 0.6) is 6.01 Å². The number of halogens is 1. The zero-order valence-electron chi connectivity index (χ0n) is 19.4. The van der Waals surface area contributed by atoms with Gasteiger partial charge in [0.15, 0.2) is 0 Å². The second-order valence-electron chi connectivity index (χ2n) is 8.63. The highest BCUT2D eigenvalue weighted by Gasteiger charge is 2.24. The molecule has 190 valence electrons. The Morgan fingerprint density at radius 2 is 1.89 bits per heavy atom. The van der Waals surface area contributed by atoms with Crippen molar-refractivity contribution in [2.45, 2.75) is 47.1 Å². The standard InChI is InChI=1S/C24H30FN5O4.CH4/c1-15(2)23(32)30-8-6-16(7-9-30)13-34-24-28-11-18(12-29-24)19-5-3-4-17(22(19)25)14-33-21(31)10-20(26)27;/h3-5,11-12,15-16H,6-10,13-14H2,1-2H3,(H3,26,27);1H4. The Balaban J connectivity index is 0.00000432. The lowest BCUT2D eigenvalue weighted by molar-refractivity contribution is -0.143. The molecule has 3 rings (SSSR count). The van der Waals surface area contributed by atoms with Crippen LogP contribution in [0.25, 0.3) is 11.1 Å². The molecule has 35 heavy (non-hydrogen) atoms. The van der Waals surface area contributed by atoms with Crippen LogP contribution in [-0.4, -0.2) is 52.3 Å². The van der Waals surface area contributed by atoms with Crippen molar-refractivity contribution in [3.05, 3.63) is 42.0 Å². The van der Waals surface area contributed by atoms with Gasteiger partial charge in [0.25, 0.3) is 0 Å². The van der Waals surface area contributed by atoms with Crippen LogP contribution in [0.2, 0.25) is 0 Å². The van der Waals surface area contributed by atoms with Gasteiger partial charge < -0.3 is 20.1 Å². The fourth-order valence-electron chi connectivity index (χ4n) is 3.69. The summed E-state index contributed by atoms with van der Waals surface area (Å²) in [6.07, 6.45) is 4.36. The lowest BCUT2D eigenvalue weighted by atomic mass is 9.97. The molecule has 9 nitrogen and oxygen atoms in total. The first-order valence-electron chi connectivity index (χ1n) is 11.2. The highest BCUT2D eigenvalue weighted by molar-refractivity contribution is 5.94. The van der Waals surface area contributed by atoms with E-state index in [9.17, 15) is 14.0 Å². The molecule has 1 amide bonds. The smallest absolute Gasteiger partial charge is 0.316 e. The van der Waals surface area contributed by atoms with Crippen LogP contribution < -0.4 is 10.5 Å². The molecule has 1 saturated heterocycles. The lowest BCUT2D eigenvalue weighted by Crippen LogP contribution is -2.41. The predicted molar refractivity (Wildman–Crippen MR) is 130 cm³/mol. The Kier molecular flexibility index (Phi) is 10.1. The predicted octanol–water partition coefficient (Wildman–Crippen LogP) is 3.56. The van der Waals surface area contributed by atoms with Gasteiger partial charge in [-0.25, -0.2) is 14.4 Å². The third kappa shape index (κ3) is 7.73. The first kappa shape index (κ1) is 27.7. The van der Waals surface area contributed by atoms with Crippen molar-refractivity contribution in [2.24, 2.45) is 17.6 Å². The number of ether oxygens (including phenoxy) is 2. The number of amides is 1. The Hall–Kier alpha value is -3.56. The summed E-state index contributed by atoms with van der Waals surface area (Å²) >= 11 is 0. The van der Waals surface area contributed by atoms with E-state index in [2.05, 4.69) is 9.97 Å². The summed E-state index contributed by atoms with van der Waals surface area (Å²) in [7, 11) is 0. The maximum Gasteiger partial charge on any atom is 0.316 e. The van der Waals surface area contributed by atoms with Crippen LogP contribution in [-0.2, 0) is 20.9 Å². The summed E-state index contributed by atoms with van der Waals surface area (Å²) in [6, 6.07) is 4.95. The molecule has 1 aliphatic heterocycles. The van der Waals surface area contributed by atoms with Gasteiger partial charge >= 0.3 is 12.0 Å². The molecule has 1 aromatic heterocycles. The van der Waals surface area contributed by atoms with Gasteiger partial charge in [0.1, 0.15) is 24.7 Å². The molecule has 0 spiro atoms. The number of benzene rings is 1. The minimum Gasteiger partial charge on any atom is -0.463 e. The quantitative estimate of drug-likeness (QED) is 0.314. The van der Waals surface area contributed by atoms with Crippen LogP contribution in [0.15, 0.2) is 30.6 Å². The van der Waals surface area contributed by atoms with E-state index >= 15 is 0 Å². The Morgan fingerprint density at radius 1 is 1.23 bits per heavy atom. The lowest BCUT2D eigenvalue weighted by Gasteiger charge is -2.32. The number of rotatable bonds is 9. The molecular weight excluding hydrogens is 453 g/mol. The summed E-state index contributed by atoms with van der Waals surface area (Å²) in [4.78, 5) is 34.0. The van der Waals surface area contributed by atoms with Crippen LogP contribution in [0.1, 0.15) is 46.1 Å². The number of carbonyl (C=O) groups is 2. The summed E-state index contributed by atoms with van der Waals surface area (Å²) in [5.41, 5.74) is 6.09. The molecule has 0 saturated carbocycles. The number of nitrogens with two attached hydrogens (primary N) is 1. The van der Waals surface area contributed by atoms with Gasteiger partial charge in [-0.3, -0.25) is 15.0 Å². The van der Waals surface area contributed by atoms with E-state index in [4.69, 9.17) is 20.6 Å². The third-order valence-corrected chi connectivity index (χ3v) is 5.61. The number of nitrogens with zero attached hydrogens (tertiary/aromatic N) is 3. The number of hydrogen-bond acceptors (Lipinski definition) is 7. The maximum absolute atomic E-state index is 14.9. The molecule has 1 fully saturated rings. The molecule has 0 aliphatic carbocycles. The van der Waals surface area contributed by atoms with Crippen molar-refractivity contribution < 1.29 is 23.5 Å². The van der Waals surface area contributed by atoms with Crippen molar-refractivity contribution in [2.75, 3.05) is 19.7 Å². The molecule has 1 aliphatic rings. The van der Waals surface area contributed by atoms with Crippen molar-refractivity contribution in [1.29, 1.82) is 5.41 Å². The zero-order valence-corrected chi connectivity index (χ0v) is 19.4. The number of hydrogen-bond donors (Lipinski definition) is 2. The van der Waals surface area contributed by atoms with Gasteiger partial charge in [-0.05, 0) is 18.8 Å². The molecule has 3 N–H and O–H groups in total. The zero-order chi connectivity index (χ0) is 24.7. The highest BCUT2D eigenvalue weighted by Crippen LogP contribution is 2.25. The molecule has 0 unspecified atom stereocenters. The molecule has 0 radical (unpaired) electrons. The Bertz CT molecular complexity index is 1020. The second kappa shape index (κ2) is 12.8. The molecule has 1 aromatic carbocycles. The Morgan fingerprint density at radius 3 is 2.49 bits per heavy atom. The number of carbonyl (C=O) groups excluding carboxylic acids is 2. The van der Waals surface area contributed by atoms with E-state index in [-0.39, 0.29) is 55.3 Å². The highest BCUT2D eigenvalue weighted by atomic mass is 19.1. The van der Waals surface area contributed by atoms with Gasteiger partial charge in [0, 0.05) is 48.1 Å². The summed E-state index contributed by atoms with van der Waals surface area (Å²) < 4.78 is 25.6. The van der Waals surface area contributed by atoms with E-state index in [1.807, 2.05) is 18.7 Å². The average Bonchev–Trinajstić information content (AvgIpc) is 2.82. The maximum atomic E-state index is 14.9. The molecule has 2 aromatic rings. The fourth-order valence-corrected chi connectivity index (χ4v) is 3.69. The normalized spacial score (nSPS) is 13.8. The fraction of sp³-hybridized carbons (Fsp3) is 0.480. The summed E-state index contributed by atoms with van der Waals surface area (Å²) in [5, 5.41) is 7.10. The summed E-state index contributed by atoms with van der Waals surface area (Å²) in [6.45, 7) is 5.46. The monoisotopic (exact) mass is 487 g/mol. The largest absolute Gasteiger partial charge is 0.463 e. The van der Waals surface area contributed by atoms with E-state index in [0.29, 0.717) is 18.1 Å². The van der Waals surface area contributed by atoms with E-state index < -0.39 is 11.8 Å². The van der Waals surface area contributed by atoms with E-state index in [1.54, 1.807) is 12.1 Å². The molecule has 2 heterocycles. The van der Waals surface area contributed by atoms with Crippen molar-refractivity contribution >= 4 is 17.7 Å². The number of nitrogens with one attached hydrogen (secondary N) is 1. The number of amidine groups is 1. The molecule has 0 atom stereocenters. The van der Waals surface area contributed by atoms with Crippen molar-refractivity contribution in [3.63, 3.8) is 0 Å². The molecular formula is C25H34FN5O4. The van der Waals surface area contributed by atoms with Gasteiger partial charge in [0.05, 0.1) is 6.61 Å².